The van der Waals surface area contributed by atoms with Gasteiger partial charge in [-0.1, -0.05) is 6.07 Å². The Morgan fingerprint density at radius 2 is 2.19 bits per heavy atom. The van der Waals surface area contributed by atoms with Crippen LogP contribution in [0, 0.1) is 5.41 Å². The van der Waals surface area contributed by atoms with Gasteiger partial charge in [0.25, 0.3) is 0 Å². The van der Waals surface area contributed by atoms with Crippen LogP contribution in [0.2, 0.25) is 0 Å². The number of nitrogens with two attached hydrogens (primary N) is 3. The van der Waals surface area contributed by atoms with Gasteiger partial charge >= 0.3 is 6.03 Å². The number of nitrogen functional groups attached to an aromatic ring is 1. The smallest absolute Gasteiger partial charge is 0.317 e. The largest absolute Gasteiger partial charge is 0.397 e. The molecule has 9 nitrogen and oxygen atoms in total. The topological polar surface area (TPSA) is 160 Å². The van der Waals surface area contributed by atoms with Crippen molar-refractivity contribution in [2.75, 3.05) is 29.0 Å². The van der Waals surface area contributed by atoms with E-state index < -0.39 is 6.03 Å². The van der Waals surface area contributed by atoms with E-state index in [1.54, 1.807) is 6.07 Å². The Balaban J connectivity index is 1.88. The molecule has 2 amide bonds. The zero-order chi connectivity index (χ0) is 18.7. The van der Waals surface area contributed by atoms with E-state index in [0.717, 1.165) is 31.7 Å². The molecule has 26 heavy (non-hydrogen) atoms. The third kappa shape index (κ3) is 3.89. The summed E-state index contributed by atoms with van der Waals surface area (Å²) in [6, 6.07) is 6.41. The zero-order valence-corrected chi connectivity index (χ0v) is 14.3. The molecular formula is C17H22N8O. The first-order valence-corrected chi connectivity index (χ1v) is 8.33. The number of rotatable bonds is 4. The third-order valence-corrected chi connectivity index (χ3v) is 4.23. The molecule has 1 atom stereocenters. The number of carbonyl (C=O) groups excluding carboxylic acids is 1. The van der Waals surface area contributed by atoms with Crippen molar-refractivity contribution in [3.63, 3.8) is 0 Å². The summed E-state index contributed by atoms with van der Waals surface area (Å²) >= 11 is 0. The highest BCUT2D eigenvalue weighted by Crippen LogP contribution is 2.21. The van der Waals surface area contributed by atoms with E-state index in [-0.39, 0.29) is 17.6 Å². The summed E-state index contributed by atoms with van der Waals surface area (Å²) in [5.41, 5.74) is 18.5. The number of carbonyl (C=O) groups is 1. The SMILES string of the molecule is N=C(c1cccc(N2CCC[C@H](N)C2)n1)c1cc(NC(N)=O)ncc1N. The number of pyridine rings is 2. The van der Waals surface area contributed by atoms with Crippen LogP contribution in [0.15, 0.2) is 30.5 Å². The van der Waals surface area contributed by atoms with Crippen LogP contribution in [0.1, 0.15) is 24.1 Å². The molecule has 0 radical (unpaired) electrons. The van der Waals surface area contributed by atoms with Crippen molar-refractivity contribution in [1.29, 1.82) is 5.41 Å². The summed E-state index contributed by atoms with van der Waals surface area (Å²) in [5.74, 6) is 1.01. The lowest BCUT2D eigenvalue weighted by molar-refractivity contribution is 0.259. The van der Waals surface area contributed by atoms with Gasteiger partial charge in [-0.05, 0) is 31.0 Å². The van der Waals surface area contributed by atoms with Gasteiger partial charge in [0.15, 0.2) is 0 Å². The van der Waals surface area contributed by atoms with Crippen molar-refractivity contribution in [1.82, 2.24) is 9.97 Å². The van der Waals surface area contributed by atoms with Gasteiger partial charge in [-0.15, -0.1) is 0 Å². The number of amides is 2. The van der Waals surface area contributed by atoms with Gasteiger partial charge in [-0.2, -0.15) is 0 Å². The van der Waals surface area contributed by atoms with Crippen LogP contribution in [0.4, 0.5) is 22.1 Å². The molecule has 0 saturated carbocycles. The predicted molar refractivity (Wildman–Crippen MR) is 101 cm³/mol. The number of piperidine rings is 1. The van der Waals surface area contributed by atoms with Crippen molar-refractivity contribution in [2.24, 2.45) is 11.5 Å². The van der Waals surface area contributed by atoms with Crippen molar-refractivity contribution >= 4 is 29.1 Å². The van der Waals surface area contributed by atoms with E-state index >= 15 is 0 Å². The van der Waals surface area contributed by atoms with E-state index in [1.165, 1.54) is 12.3 Å². The lowest BCUT2D eigenvalue weighted by Crippen LogP contribution is -2.43. The molecule has 136 valence electrons. The number of nitrogens with one attached hydrogen (secondary N) is 2. The van der Waals surface area contributed by atoms with Gasteiger partial charge in [0.1, 0.15) is 11.6 Å². The summed E-state index contributed by atoms with van der Waals surface area (Å²) in [6.07, 6.45) is 3.40. The third-order valence-electron chi connectivity index (χ3n) is 4.23. The number of hydrogen-bond donors (Lipinski definition) is 5. The van der Waals surface area contributed by atoms with E-state index in [2.05, 4.69) is 20.2 Å². The fraction of sp³-hybridized carbons (Fsp3) is 0.294. The average molecular weight is 354 g/mol. The van der Waals surface area contributed by atoms with E-state index in [1.807, 2.05) is 12.1 Å². The van der Waals surface area contributed by atoms with Crippen LogP contribution in [-0.2, 0) is 0 Å². The van der Waals surface area contributed by atoms with Crippen molar-refractivity contribution in [2.45, 2.75) is 18.9 Å². The summed E-state index contributed by atoms with van der Waals surface area (Å²) in [6.45, 7) is 1.63. The zero-order valence-electron chi connectivity index (χ0n) is 14.3. The molecule has 0 unspecified atom stereocenters. The van der Waals surface area contributed by atoms with Gasteiger partial charge < -0.3 is 22.1 Å². The summed E-state index contributed by atoms with van der Waals surface area (Å²) < 4.78 is 0. The normalized spacial score (nSPS) is 17.0. The van der Waals surface area contributed by atoms with Crippen LogP contribution in [-0.4, -0.2) is 40.8 Å². The Morgan fingerprint density at radius 1 is 1.38 bits per heavy atom. The van der Waals surface area contributed by atoms with Crippen LogP contribution < -0.4 is 27.4 Å². The maximum atomic E-state index is 11.0. The molecule has 9 heteroatoms. The van der Waals surface area contributed by atoms with Gasteiger partial charge in [0, 0.05) is 24.7 Å². The number of anilines is 3. The molecule has 0 spiro atoms. The highest BCUT2D eigenvalue weighted by molar-refractivity contribution is 6.13. The summed E-state index contributed by atoms with van der Waals surface area (Å²) in [5, 5.41) is 10.9. The minimum atomic E-state index is -0.735. The minimum absolute atomic E-state index is 0.131. The van der Waals surface area contributed by atoms with Crippen LogP contribution in [0.5, 0.6) is 0 Å². The van der Waals surface area contributed by atoms with Crippen molar-refractivity contribution < 1.29 is 4.79 Å². The standard InChI is InChI=1S/C17H22N8O/c18-10-3-2-6-25(9-10)15-5-1-4-13(23-15)16(20)11-7-14(24-17(21)26)22-8-12(11)19/h1,4-5,7-8,10,20H,2-3,6,9,18-19H2,(H3,21,22,24,26)/t10-/m0/s1. The van der Waals surface area contributed by atoms with Crippen LogP contribution in [0.25, 0.3) is 0 Å². The Bertz CT molecular complexity index is 837. The first-order valence-electron chi connectivity index (χ1n) is 8.33. The Hall–Kier alpha value is -3.20. The first kappa shape index (κ1) is 17.6. The van der Waals surface area contributed by atoms with E-state index in [9.17, 15) is 4.79 Å². The molecule has 2 aromatic heterocycles. The maximum Gasteiger partial charge on any atom is 0.317 e. The monoisotopic (exact) mass is 354 g/mol. The molecule has 0 bridgehead atoms. The fourth-order valence-corrected chi connectivity index (χ4v) is 2.97. The fourth-order valence-electron chi connectivity index (χ4n) is 2.97. The van der Waals surface area contributed by atoms with Gasteiger partial charge in [-0.25, -0.2) is 14.8 Å². The first-order chi connectivity index (χ1) is 12.4. The molecule has 1 aliphatic heterocycles. The number of hydrogen-bond acceptors (Lipinski definition) is 7. The average Bonchev–Trinajstić information content (AvgIpc) is 2.62. The Labute approximate surface area is 151 Å². The highest BCUT2D eigenvalue weighted by atomic mass is 16.2. The number of primary amides is 1. The quantitative estimate of drug-likeness (QED) is 0.512. The van der Waals surface area contributed by atoms with Gasteiger partial charge in [0.05, 0.1) is 23.3 Å². The summed E-state index contributed by atoms with van der Waals surface area (Å²) in [7, 11) is 0. The highest BCUT2D eigenvalue weighted by Gasteiger charge is 2.19. The Kier molecular flexibility index (Phi) is 4.99. The molecule has 3 rings (SSSR count). The van der Waals surface area contributed by atoms with E-state index in [0.29, 0.717) is 16.9 Å². The summed E-state index contributed by atoms with van der Waals surface area (Å²) in [4.78, 5) is 21.7. The van der Waals surface area contributed by atoms with Gasteiger partial charge in [0.2, 0.25) is 0 Å². The molecule has 1 saturated heterocycles. The molecule has 2 aromatic rings. The number of aromatic nitrogens is 2. The lowest BCUT2D eigenvalue weighted by atomic mass is 10.1. The minimum Gasteiger partial charge on any atom is -0.397 e. The van der Waals surface area contributed by atoms with Crippen molar-refractivity contribution in [3.05, 3.63) is 41.7 Å². The predicted octanol–water partition coefficient (Wildman–Crippen LogP) is 0.893. The molecule has 1 fully saturated rings. The second-order valence-corrected chi connectivity index (χ2v) is 6.25. The Morgan fingerprint density at radius 3 is 2.92 bits per heavy atom. The van der Waals surface area contributed by atoms with Crippen LogP contribution in [0.3, 0.4) is 0 Å². The van der Waals surface area contributed by atoms with E-state index in [4.69, 9.17) is 22.6 Å². The molecule has 3 heterocycles. The number of urea groups is 1. The lowest BCUT2D eigenvalue weighted by Gasteiger charge is -2.31. The molecule has 0 aromatic carbocycles. The van der Waals surface area contributed by atoms with Gasteiger partial charge in [-0.3, -0.25) is 10.7 Å². The molecule has 0 aliphatic carbocycles. The number of nitrogens with zero attached hydrogens (tertiary/aromatic N) is 3. The maximum absolute atomic E-state index is 11.0. The molecular weight excluding hydrogens is 332 g/mol. The second-order valence-electron chi connectivity index (χ2n) is 6.25. The van der Waals surface area contributed by atoms with Crippen LogP contribution >= 0.6 is 0 Å². The second kappa shape index (κ2) is 7.36. The molecule has 1 aliphatic rings. The van der Waals surface area contributed by atoms with Crippen molar-refractivity contribution in [3.8, 4) is 0 Å². The molecule has 8 N–H and O–H groups in total.